The van der Waals surface area contributed by atoms with Gasteiger partial charge in [-0.2, -0.15) is 0 Å². The van der Waals surface area contributed by atoms with Crippen molar-refractivity contribution in [2.24, 2.45) is 0 Å². The fourth-order valence-electron chi connectivity index (χ4n) is 4.02. The zero-order chi connectivity index (χ0) is 22.3. The second-order valence-corrected chi connectivity index (χ2v) is 8.07. The average molecular weight is 457 g/mol. The van der Waals surface area contributed by atoms with Crippen molar-refractivity contribution in [3.8, 4) is 11.5 Å². The molecule has 2 heterocycles. The van der Waals surface area contributed by atoms with E-state index in [-0.39, 0.29) is 0 Å². The van der Waals surface area contributed by atoms with E-state index in [1.807, 2.05) is 42.5 Å². The highest BCUT2D eigenvalue weighted by Gasteiger charge is 2.19. The quantitative estimate of drug-likeness (QED) is 0.481. The Morgan fingerprint density at radius 2 is 1.75 bits per heavy atom. The molecule has 1 aliphatic heterocycles. The average Bonchev–Trinajstić information content (AvgIpc) is 2.83. The number of fused-ring (bicyclic) bond motifs is 1. The van der Waals surface area contributed by atoms with Crippen molar-refractivity contribution in [1.82, 2.24) is 14.9 Å². The first-order valence-electron chi connectivity index (χ1n) is 10.9. The van der Waals surface area contributed by atoms with Gasteiger partial charge in [0.25, 0.3) is 0 Å². The maximum atomic E-state index is 6.63. The molecule has 8 heteroatoms. The van der Waals surface area contributed by atoms with Gasteiger partial charge in [0.05, 0.1) is 38.5 Å². The Hall–Kier alpha value is -2.61. The molecule has 0 bridgehead atoms. The molecule has 170 valence electrons. The van der Waals surface area contributed by atoms with Gasteiger partial charge < -0.3 is 19.1 Å². The van der Waals surface area contributed by atoms with Crippen LogP contribution in [-0.4, -0.2) is 68.5 Å². The monoisotopic (exact) mass is 456 g/mol. The number of benzene rings is 2. The van der Waals surface area contributed by atoms with Crippen LogP contribution < -0.4 is 14.4 Å². The molecule has 0 amide bonds. The summed E-state index contributed by atoms with van der Waals surface area (Å²) in [5.74, 6) is 2.10. The Morgan fingerprint density at radius 3 is 2.47 bits per heavy atom. The van der Waals surface area contributed by atoms with E-state index in [0.717, 1.165) is 68.2 Å². The van der Waals surface area contributed by atoms with Gasteiger partial charge in [-0.1, -0.05) is 35.9 Å². The van der Waals surface area contributed by atoms with Gasteiger partial charge in [0.2, 0.25) is 0 Å². The summed E-state index contributed by atoms with van der Waals surface area (Å²) in [4.78, 5) is 14.1. The van der Waals surface area contributed by atoms with Crippen LogP contribution >= 0.6 is 11.6 Å². The van der Waals surface area contributed by atoms with Gasteiger partial charge in [-0.15, -0.1) is 0 Å². The number of para-hydroxylation sites is 3. The molecule has 0 N–H and O–H groups in total. The van der Waals surface area contributed by atoms with E-state index >= 15 is 0 Å². The first-order valence-corrected chi connectivity index (χ1v) is 11.2. The van der Waals surface area contributed by atoms with Crippen LogP contribution in [-0.2, 0) is 11.3 Å². The van der Waals surface area contributed by atoms with Crippen LogP contribution in [0.15, 0.2) is 42.5 Å². The number of anilines is 1. The molecule has 0 aliphatic carbocycles. The number of methoxy groups -OCH3 is 2. The third-order valence-corrected chi connectivity index (χ3v) is 5.92. The molecule has 1 aromatic heterocycles. The molecule has 2 aromatic carbocycles. The third-order valence-electron chi connectivity index (χ3n) is 5.66. The smallest absolute Gasteiger partial charge is 0.172 e. The highest BCUT2D eigenvalue weighted by Crippen LogP contribution is 2.33. The maximum Gasteiger partial charge on any atom is 0.172 e. The van der Waals surface area contributed by atoms with Gasteiger partial charge >= 0.3 is 0 Å². The molecule has 4 rings (SSSR count). The largest absolute Gasteiger partial charge is 0.493 e. The van der Waals surface area contributed by atoms with Crippen molar-refractivity contribution in [3.63, 3.8) is 0 Å². The first kappa shape index (κ1) is 22.6. The summed E-state index contributed by atoms with van der Waals surface area (Å²) in [5, 5.41) is 0.400. The molecule has 7 nitrogen and oxygen atoms in total. The zero-order valence-corrected chi connectivity index (χ0v) is 19.3. The lowest BCUT2D eigenvalue weighted by Crippen LogP contribution is -2.38. The van der Waals surface area contributed by atoms with Crippen molar-refractivity contribution in [3.05, 3.63) is 53.2 Å². The van der Waals surface area contributed by atoms with Crippen molar-refractivity contribution in [2.45, 2.75) is 13.0 Å². The second kappa shape index (κ2) is 10.8. The number of aromatic nitrogens is 2. The summed E-state index contributed by atoms with van der Waals surface area (Å²) in [6, 6.07) is 13.7. The summed E-state index contributed by atoms with van der Waals surface area (Å²) < 4.78 is 16.6. The summed E-state index contributed by atoms with van der Waals surface area (Å²) in [6.07, 6.45) is 0.969. The summed E-state index contributed by atoms with van der Waals surface area (Å²) >= 11 is 6.63. The molecule has 1 saturated heterocycles. The van der Waals surface area contributed by atoms with Gasteiger partial charge in [0, 0.05) is 38.3 Å². The SMILES string of the molecule is COc1cccc(CN(CCCN2CCOCC2)c2nc3ccccc3nc2Cl)c1OC. The maximum absolute atomic E-state index is 6.63. The number of halogens is 1. The van der Waals surface area contributed by atoms with E-state index in [1.54, 1.807) is 14.2 Å². The molecular formula is C24H29ClN4O3. The highest BCUT2D eigenvalue weighted by atomic mass is 35.5. The molecular weight excluding hydrogens is 428 g/mol. The van der Waals surface area contributed by atoms with Gasteiger partial charge in [0.1, 0.15) is 0 Å². The van der Waals surface area contributed by atoms with Crippen molar-refractivity contribution in [1.29, 1.82) is 0 Å². The Labute approximate surface area is 193 Å². The summed E-state index contributed by atoms with van der Waals surface area (Å²) in [7, 11) is 3.31. The number of hydrogen-bond acceptors (Lipinski definition) is 7. The Kier molecular flexibility index (Phi) is 7.63. The van der Waals surface area contributed by atoms with Crippen LogP contribution in [0.1, 0.15) is 12.0 Å². The molecule has 0 radical (unpaired) electrons. The van der Waals surface area contributed by atoms with E-state index in [1.165, 1.54) is 0 Å². The Balaban J connectivity index is 1.62. The van der Waals surface area contributed by atoms with Gasteiger partial charge in [-0.05, 0) is 24.6 Å². The minimum Gasteiger partial charge on any atom is -0.493 e. The molecule has 0 atom stereocenters. The fraction of sp³-hybridized carbons (Fsp3) is 0.417. The molecule has 32 heavy (non-hydrogen) atoms. The molecule has 0 spiro atoms. The number of nitrogens with zero attached hydrogens (tertiary/aromatic N) is 4. The van der Waals surface area contributed by atoms with Gasteiger partial charge in [-0.25, -0.2) is 9.97 Å². The van der Waals surface area contributed by atoms with Crippen molar-refractivity contribution in [2.75, 3.05) is 58.5 Å². The number of ether oxygens (including phenoxy) is 3. The summed E-state index contributed by atoms with van der Waals surface area (Å²) in [6.45, 7) is 5.90. The lowest BCUT2D eigenvalue weighted by atomic mass is 10.1. The number of hydrogen-bond donors (Lipinski definition) is 0. The highest BCUT2D eigenvalue weighted by molar-refractivity contribution is 6.32. The van der Waals surface area contributed by atoms with E-state index in [0.29, 0.717) is 23.3 Å². The van der Waals surface area contributed by atoms with Crippen LogP contribution in [0.4, 0.5) is 5.82 Å². The second-order valence-electron chi connectivity index (χ2n) is 7.71. The van der Waals surface area contributed by atoms with Gasteiger partial charge in [0.15, 0.2) is 22.5 Å². The summed E-state index contributed by atoms with van der Waals surface area (Å²) in [5.41, 5.74) is 2.61. The van der Waals surface area contributed by atoms with E-state index in [9.17, 15) is 0 Å². The van der Waals surface area contributed by atoms with E-state index in [2.05, 4.69) is 14.8 Å². The molecule has 0 saturated carbocycles. The molecule has 0 unspecified atom stereocenters. The van der Waals surface area contributed by atoms with Crippen LogP contribution in [0.5, 0.6) is 11.5 Å². The standard InChI is InChI=1S/C24H29ClN4O3/c1-30-21-10-5-7-18(22(21)31-2)17-29(12-6-11-28-13-15-32-16-14-28)24-23(25)26-19-8-3-4-9-20(19)27-24/h3-5,7-10H,6,11-17H2,1-2H3. The van der Waals surface area contributed by atoms with Crippen LogP contribution in [0.2, 0.25) is 5.15 Å². The predicted octanol–water partition coefficient (Wildman–Crippen LogP) is 4.03. The Morgan fingerprint density at radius 1 is 1.00 bits per heavy atom. The van der Waals surface area contributed by atoms with E-state index < -0.39 is 0 Å². The van der Waals surface area contributed by atoms with Crippen LogP contribution in [0.25, 0.3) is 11.0 Å². The molecule has 1 aliphatic rings. The van der Waals surface area contributed by atoms with Crippen molar-refractivity contribution < 1.29 is 14.2 Å². The van der Waals surface area contributed by atoms with Crippen molar-refractivity contribution >= 4 is 28.5 Å². The lowest BCUT2D eigenvalue weighted by Gasteiger charge is -2.29. The zero-order valence-electron chi connectivity index (χ0n) is 18.6. The minimum atomic E-state index is 0.400. The van der Waals surface area contributed by atoms with E-state index in [4.69, 9.17) is 30.8 Å². The topological polar surface area (TPSA) is 60.0 Å². The van der Waals surface area contributed by atoms with Crippen LogP contribution in [0, 0.1) is 0 Å². The lowest BCUT2D eigenvalue weighted by molar-refractivity contribution is 0.0376. The Bertz CT molecular complexity index is 1040. The number of rotatable bonds is 9. The normalized spacial score (nSPS) is 14.5. The molecule has 1 fully saturated rings. The third kappa shape index (κ3) is 5.23. The fourth-order valence-corrected chi connectivity index (χ4v) is 4.28. The molecule has 3 aromatic rings. The van der Waals surface area contributed by atoms with Crippen LogP contribution in [0.3, 0.4) is 0 Å². The first-order chi connectivity index (χ1) is 15.7. The predicted molar refractivity (Wildman–Crippen MR) is 127 cm³/mol. The van der Waals surface area contributed by atoms with Gasteiger partial charge in [-0.3, -0.25) is 4.90 Å². The number of morpholine rings is 1. The minimum absolute atomic E-state index is 0.400.